The molecule has 0 aromatic rings. The van der Waals surface area contributed by atoms with Crippen LogP contribution >= 0.6 is 0 Å². The van der Waals surface area contributed by atoms with E-state index in [1.165, 1.54) is 6.08 Å². The van der Waals surface area contributed by atoms with Crippen LogP contribution in [0.4, 0.5) is 0 Å². The van der Waals surface area contributed by atoms with Crippen molar-refractivity contribution in [3.63, 3.8) is 0 Å². The van der Waals surface area contributed by atoms with E-state index in [1.807, 2.05) is 34.6 Å². The van der Waals surface area contributed by atoms with Gasteiger partial charge in [-0.15, -0.1) is 0 Å². The van der Waals surface area contributed by atoms with Crippen LogP contribution in [0.3, 0.4) is 0 Å². The second-order valence-electron chi connectivity index (χ2n) is 7.41. The molecule has 0 amide bonds. The summed E-state index contributed by atoms with van der Waals surface area (Å²) in [4.78, 5) is 23.4. The lowest BCUT2D eigenvalue weighted by molar-refractivity contribution is -0.150. The lowest BCUT2D eigenvalue weighted by Gasteiger charge is -2.30. The maximum absolute atomic E-state index is 11.8. The zero-order valence-corrected chi connectivity index (χ0v) is 13.5. The number of ether oxygens (including phenoxy) is 1. The van der Waals surface area contributed by atoms with Gasteiger partial charge in [-0.1, -0.05) is 40.7 Å². The number of carboxylic acid groups (broad SMARTS) is 1. The standard InChI is InChI=1S/C16H26O4/c1-10(2)20-12(17)9-8-11-15(6,7)16(11,13(18)19)14(3,4)5/h8-11H,1-7H3,(H,18,19)/b9-8-/t11-,16+/m0/s1. The molecule has 0 aliphatic heterocycles. The summed E-state index contributed by atoms with van der Waals surface area (Å²) < 4.78 is 5.04. The first-order valence-electron chi connectivity index (χ1n) is 7.01. The summed E-state index contributed by atoms with van der Waals surface area (Å²) in [6.45, 7) is 13.2. The minimum Gasteiger partial charge on any atom is -0.481 e. The van der Waals surface area contributed by atoms with Crippen molar-refractivity contribution in [2.45, 2.75) is 54.6 Å². The summed E-state index contributed by atoms with van der Waals surface area (Å²) in [6, 6.07) is 0. The van der Waals surface area contributed by atoms with E-state index in [-0.39, 0.29) is 22.9 Å². The van der Waals surface area contributed by atoms with Crippen LogP contribution in [0.25, 0.3) is 0 Å². The Morgan fingerprint density at radius 2 is 1.75 bits per heavy atom. The first-order chi connectivity index (χ1) is 8.89. The second-order valence-corrected chi connectivity index (χ2v) is 7.41. The molecule has 0 heterocycles. The number of hydrogen-bond acceptors (Lipinski definition) is 3. The van der Waals surface area contributed by atoms with Gasteiger partial charge in [0.15, 0.2) is 0 Å². The Hall–Kier alpha value is -1.32. The van der Waals surface area contributed by atoms with Crippen molar-refractivity contribution in [2.24, 2.45) is 22.2 Å². The maximum Gasteiger partial charge on any atom is 0.330 e. The Labute approximate surface area is 121 Å². The van der Waals surface area contributed by atoms with E-state index in [1.54, 1.807) is 19.9 Å². The van der Waals surface area contributed by atoms with Crippen molar-refractivity contribution in [2.75, 3.05) is 0 Å². The van der Waals surface area contributed by atoms with Crippen LogP contribution in [0, 0.1) is 22.2 Å². The number of allylic oxidation sites excluding steroid dienone is 1. The van der Waals surface area contributed by atoms with E-state index >= 15 is 0 Å². The first kappa shape index (κ1) is 16.7. The Bertz CT molecular complexity index is 440. The quantitative estimate of drug-likeness (QED) is 0.635. The molecule has 0 aromatic heterocycles. The SMILES string of the molecule is CC(C)OC(=O)/C=C\[C@H]1C(C)(C)[C@]1(C(=O)O)C(C)(C)C. The van der Waals surface area contributed by atoms with Crippen LogP contribution in [-0.4, -0.2) is 23.1 Å². The number of hydrogen-bond donors (Lipinski definition) is 1. The van der Waals surface area contributed by atoms with Gasteiger partial charge in [0.05, 0.1) is 11.5 Å². The van der Waals surface area contributed by atoms with Gasteiger partial charge in [-0.25, -0.2) is 4.79 Å². The first-order valence-corrected chi connectivity index (χ1v) is 7.01. The van der Waals surface area contributed by atoms with Crippen molar-refractivity contribution in [3.8, 4) is 0 Å². The molecule has 1 aliphatic rings. The Morgan fingerprint density at radius 1 is 1.25 bits per heavy atom. The molecule has 1 saturated carbocycles. The Balaban J connectivity index is 3.01. The van der Waals surface area contributed by atoms with Gasteiger partial charge < -0.3 is 9.84 Å². The molecule has 4 heteroatoms. The molecule has 2 atom stereocenters. The van der Waals surface area contributed by atoms with Crippen molar-refractivity contribution in [3.05, 3.63) is 12.2 Å². The van der Waals surface area contributed by atoms with Crippen LogP contribution in [0.5, 0.6) is 0 Å². The van der Waals surface area contributed by atoms with Gasteiger partial charge in [0.25, 0.3) is 0 Å². The third-order valence-electron chi connectivity index (χ3n) is 4.47. The molecule has 1 fully saturated rings. The Kier molecular flexibility index (Phi) is 4.10. The molecule has 114 valence electrons. The van der Waals surface area contributed by atoms with Gasteiger partial charge in [-0.05, 0) is 24.7 Å². The molecule has 1 N–H and O–H groups in total. The highest BCUT2D eigenvalue weighted by atomic mass is 16.5. The van der Waals surface area contributed by atoms with Crippen molar-refractivity contribution in [1.82, 2.24) is 0 Å². The topological polar surface area (TPSA) is 63.6 Å². The fourth-order valence-electron chi connectivity index (χ4n) is 3.80. The van der Waals surface area contributed by atoms with Crippen molar-refractivity contribution >= 4 is 11.9 Å². The van der Waals surface area contributed by atoms with Crippen molar-refractivity contribution in [1.29, 1.82) is 0 Å². The summed E-state index contributed by atoms with van der Waals surface area (Å²) >= 11 is 0. The summed E-state index contributed by atoms with van der Waals surface area (Å²) in [7, 11) is 0. The number of carbonyl (C=O) groups excluding carboxylic acids is 1. The van der Waals surface area contributed by atoms with Gasteiger partial charge in [0.2, 0.25) is 0 Å². The molecule has 1 aliphatic carbocycles. The van der Waals surface area contributed by atoms with Gasteiger partial charge in [0, 0.05) is 12.0 Å². The zero-order valence-electron chi connectivity index (χ0n) is 13.5. The summed E-state index contributed by atoms with van der Waals surface area (Å²) in [5, 5.41) is 9.71. The molecule has 0 unspecified atom stereocenters. The van der Waals surface area contributed by atoms with E-state index < -0.39 is 17.4 Å². The monoisotopic (exact) mass is 282 g/mol. The molecular weight excluding hydrogens is 256 g/mol. The normalized spacial score (nSPS) is 28.7. The van der Waals surface area contributed by atoms with Crippen LogP contribution < -0.4 is 0 Å². The fourth-order valence-corrected chi connectivity index (χ4v) is 3.80. The van der Waals surface area contributed by atoms with Crippen LogP contribution in [0.2, 0.25) is 0 Å². The highest BCUT2D eigenvalue weighted by molar-refractivity contribution is 5.85. The third kappa shape index (κ3) is 2.36. The number of esters is 1. The van der Waals surface area contributed by atoms with E-state index in [4.69, 9.17) is 4.74 Å². The molecule has 0 radical (unpaired) electrons. The van der Waals surface area contributed by atoms with Crippen molar-refractivity contribution < 1.29 is 19.4 Å². The minimum atomic E-state index is -0.853. The third-order valence-corrected chi connectivity index (χ3v) is 4.47. The lowest BCUT2D eigenvalue weighted by Crippen LogP contribution is -2.35. The highest BCUT2D eigenvalue weighted by Crippen LogP contribution is 2.76. The number of rotatable bonds is 4. The average molecular weight is 282 g/mol. The predicted molar refractivity (Wildman–Crippen MR) is 77.2 cm³/mol. The van der Waals surface area contributed by atoms with Gasteiger partial charge in [-0.2, -0.15) is 0 Å². The lowest BCUT2D eigenvalue weighted by atomic mass is 9.72. The Morgan fingerprint density at radius 3 is 2.05 bits per heavy atom. The summed E-state index contributed by atoms with van der Waals surface area (Å²) in [5.41, 5.74) is -1.63. The molecule has 0 saturated heterocycles. The van der Waals surface area contributed by atoms with E-state index in [2.05, 4.69) is 0 Å². The molecular formula is C16H26O4. The van der Waals surface area contributed by atoms with Crippen LogP contribution in [-0.2, 0) is 14.3 Å². The summed E-state index contributed by atoms with van der Waals surface area (Å²) in [5.74, 6) is -1.40. The minimum absolute atomic E-state index is 0.174. The fraction of sp³-hybridized carbons (Fsp3) is 0.750. The van der Waals surface area contributed by atoms with E-state index in [0.29, 0.717) is 0 Å². The number of carboxylic acids is 1. The van der Waals surface area contributed by atoms with E-state index in [9.17, 15) is 14.7 Å². The largest absolute Gasteiger partial charge is 0.481 e. The van der Waals surface area contributed by atoms with Crippen LogP contribution in [0.1, 0.15) is 48.5 Å². The molecule has 4 nitrogen and oxygen atoms in total. The van der Waals surface area contributed by atoms with Gasteiger partial charge in [-0.3, -0.25) is 4.79 Å². The number of carbonyl (C=O) groups is 2. The molecule has 1 rings (SSSR count). The highest BCUT2D eigenvalue weighted by Gasteiger charge is 2.79. The smallest absolute Gasteiger partial charge is 0.330 e. The van der Waals surface area contributed by atoms with Gasteiger partial charge >= 0.3 is 11.9 Å². The molecule has 0 bridgehead atoms. The van der Waals surface area contributed by atoms with Gasteiger partial charge in [0.1, 0.15) is 0 Å². The maximum atomic E-state index is 11.8. The van der Waals surface area contributed by atoms with Crippen LogP contribution in [0.15, 0.2) is 12.2 Å². The van der Waals surface area contributed by atoms with E-state index in [0.717, 1.165) is 0 Å². The molecule has 0 aromatic carbocycles. The molecule has 20 heavy (non-hydrogen) atoms. The zero-order chi connectivity index (χ0) is 15.9. The average Bonchev–Trinajstić information content (AvgIpc) is 2.71. The molecule has 0 spiro atoms. The number of aliphatic carboxylic acids is 1. The second kappa shape index (κ2) is 4.90. The predicted octanol–water partition coefficient (Wildman–Crippen LogP) is 3.27. The summed E-state index contributed by atoms with van der Waals surface area (Å²) in [6.07, 6.45) is 2.89.